The van der Waals surface area contributed by atoms with Gasteiger partial charge in [0.25, 0.3) is 0 Å². The summed E-state index contributed by atoms with van der Waals surface area (Å²) < 4.78 is 14.1. The molecule has 6 rings (SSSR count). The standard InChI is InChI=1S/C25H25FN8/c26-19-5-2-7-30-24(19)32-21-13-17(6-8-29-21)23-31-20-15-28-14-18(16-3-1-4-16)22(20)25(33-23)34-11-9-27-10-12-34/h2,5-8,13-16,27H,1,3-4,9-12H2,(H,29,30,32). The van der Waals surface area contributed by atoms with E-state index >= 15 is 0 Å². The van der Waals surface area contributed by atoms with Crippen molar-refractivity contribution in [2.45, 2.75) is 25.2 Å². The maximum atomic E-state index is 14.1. The molecule has 0 aromatic carbocycles. The predicted molar refractivity (Wildman–Crippen MR) is 130 cm³/mol. The van der Waals surface area contributed by atoms with Crippen LogP contribution in [0.15, 0.2) is 49.1 Å². The quantitative estimate of drug-likeness (QED) is 0.465. The number of pyridine rings is 3. The van der Waals surface area contributed by atoms with E-state index in [2.05, 4.69) is 30.5 Å². The summed E-state index contributed by atoms with van der Waals surface area (Å²) in [5.74, 6) is 2.25. The smallest absolute Gasteiger partial charge is 0.167 e. The number of rotatable bonds is 5. The third-order valence-electron chi connectivity index (χ3n) is 6.60. The van der Waals surface area contributed by atoms with Crippen molar-refractivity contribution < 1.29 is 4.39 Å². The van der Waals surface area contributed by atoms with Crippen LogP contribution in [0.5, 0.6) is 0 Å². The summed E-state index contributed by atoms with van der Waals surface area (Å²) in [4.78, 5) is 25.2. The van der Waals surface area contributed by atoms with Gasteiger partial charge in [-0.05, 0) is 48.6 Å². The van der Waals surface area contributed by atoms with E-state index in [4.69, 9.17) is 9.97 Å². The predicted octanol–water partition coefficient (Wildman–Crippen LogP) is 4.04. The van der Waals surface area contributed by atoms with E-state index in [1.165, 1.54) is 37.1 Å². The minimum absolute atomic E-state index is 0.127. The average molecular weight is 457 g/mol. The van der Waals surface area contributed by atoms with E-state index in [0.717, 1.165) is 48.5 Å². The third kappa shape index (κ3) is 3.92. The number of hydrogen-bond acceptors (Lipinski definition) is 8. The van der Waals surface area contributed by atoms with Crippen LogP contribution in [-0.4, -0.2) is 51.1 Å². The van der Waals surface area contributed by atoms with Gasteiger partial charge in [0, 0.05) is 55.7 Å². The summed E-state index contributed by atoms with van der Waals surface area (Å²) in [5.41, 5.74) is 2.90. The van der Waals surface area contributed by atoms with Gasteiger partial charge >= 0.3 is 0 Å². The van der Waals surface area contributed by atoms with E-state index in [1.54, 1.807) is 12.3 Å². The second kappa shape index (κ2) is 8.90. The third-order valence-corrected chi connectivity index (χ3v) is 6.60. The summed E-state index contributed by atoms with van der Waals surface area (Å²) in [6, 6.07) is 6.60. The Morgan fingerprint density at radius 3 is 2.71 bits per heavy atom. The number of piperazine rings is 1. The number of hydrogen-bond donors (Lipinski definition) is 2. The minimum atomic E-state index is -0.438. The lowest BCUT2D eigenvalue weighted by atomic mass is 9.79. The molecule has 0 radical (unpaired) electrons. The lowest BCUT2D eigenvalue weighted by molar-refractivity contribution is 0.421. The Morgan fingerprint density at radius 1 is 1.03 bits per heavy atom. The molecule has 8 nitrogen and oxygen atoms in total. The van der Waals surface area contributed by atoms with Crippen molar-refractivity contribution in [2.24, 2.45) is 0 Å². The molecule has 0 bridgehead atoms. The monoisotopic (exact) mass is 456 g/mol. The largest absolute Gasteiger partial charge is 0.353 e. The Morgan fingerprint density at radius 2 is 1.91 bits per heavy atom. The van der Waals surface area contributed by atoms with Gasteiger partial charge in [-0.3, -0.25) is 4.98 Å². The van der Waals surface area contributed by atoms with Crippen LogP contribution in [0.2, 0.25) is 0 Å². The first-order valence-corrected chi connectivity index (χ1v) is 11.7. The molecule has 1 saturated carbocycles. The number of fused-ring (bicyclic) bond motifs is 1. The van der Waals surface area contributed by atoms with E-state index in [0.29, 0.717) is 17.6 Å². The molecule has 34 heavy (non-hydrogen) atoms. The molecule has 0 unspecified atom stereocenters. The fourth-order valence-electron chi connectivity index (χ4n) is 4.59. The molecule has 2 fully saturated rings. The Hall–Kier alpha value is -3.72. The van der Waals surface area contributed by atoms with Crippen LogP contribution in [-0.2, 0) is 0 Å². The van der Waals surface area contributed by atoms with Crippen LogP contribution in [0, 0.1) is 5.82 Å². The topological polar surface area (TPSA) is 91.8 Å². The molecule has 2 N–H and O–H groups in total. The molecule has 0 spiro atoms. The molecule has 1 aliphatic heterocycles. The van der Waals surface area contributed by atoms with Gasteiger partial charge in [0.2, 0.25) is 0 Å². The Balaban J connectivity index is 1.44. The average Bonchev–Trinajstić information content (AvgIpc) is 2.85. The van der Waals surface area contributed by atoms with Crippen molar-refractivity contribution in [3.05, 3.63) is 60.4 Å². The normalized spacial score (nSPS) is 16.4. The highest BCUT2D eigenvalue weighted by Gasteiger charge is 2.26. The van der Waals surface area contributed by atoms with Gasteiger partial charge in [-0.15, -0.1) is 0 Å². The van der Waals surface area contributed by atoms with Crippen molar-refractivity contribution in [3.8, 4) is 11.4 Å². The van der Waals surface area contributed by atoms with Gasteiger partial charge in [0.1, 0.15) is 11.6 Å². The van der Waals surface area contributed by atoms with E-state index in [9.17, 15) is 4.39 Å². The highest BCUT2D eigenvalue weighted by molar-refractivity contribution is 5.94. The lowest BCUT2D eigenvalue weighted by Gasteiger charge is -2.32. The lowest BCUT2D eigenvalue weighted by Crippen LogP contribution is -2.44. The highest BCUT2D eigenvalue weighted by Crippen LogP contribution is 2.42. The molecule has 9 heteroatoms. The summed E-state index contributed by atoms with van der Waals surface area (Å²) in [7, 11) is 0. The van der Waals surface area contributed by atoms with Crippen LogP contribution in [0.4, 0.5) is 21.8 Å². The molecule has 1 aliphatic carbocycles. The van der Waals surface area contributed by atoms with Crippen LogP contribution in [0.3, 0.4) is 0 Å². The number of nitrogens with zero attached hydrogens (tertiary/aromatic N) is 6. The maximum absolute atomic E-state index is 14.1. The molecular formula is C25H25FN8. The van der Waals surface area contributed by atoms with Crippen molar-refractivity contribution in [1.82, 2.24) is 30.2 Å². The van der Waals surface area contributed by atoms with Crippen molar-refractivity contribution in [2.75, 3.05) is 36.4 Å². The fourth-order valence-corrected chi connectivity index (χ4v) is 4.59. The number of aromatic nitrogens is 5. The molecular weight excluding hydrogens is 431 g/mol. The van der Waals surface area contributed by atoms with Gasteiger partial charge in [-0.2, -0.15) is 0 Å². The van der Waals surface area contributed by atoms with Crippen LogP contribution >= 0.6 is 0 Å². The first-order valence-electron chi connectivity index (χ1n) is 11.7. The highest BCUT2D eigenvalue weighted by atomic mass is 19.1. The number of nitrogens with one attached hydrogen (secondary N) is 2. The maximum Gasteiger partial charge on any atom is 0.167 e. The van der Waals surface area contributed by atoms with Crippen molar-refractivity contribution in [1.29, 1.82) is 0 Å². The zero-order valence-corrected chi connectivity index (χ0v) is 18.7. The van der Waals surface area contributed by atoms with Gasteiger partial charge in [0.05, 0.1) is 11.7 Å². The molecule has 0 atom stereocenters. The van der Waals surface area contributed by atoms with Gasteiger partial charge < -0.3 is 15.5 Å². The Kier molecular flexibility index (Phi) is 5.46. The van der Waals surface area contributed by atoms with Crippen molar-refractivity contribution >= 4 is 28.4 Å². The van der Waals surface area contributed by atoms with Crippen LogP contribution < -0.4 is 15.5 Å². The second-order valence-electron chi connectivity index (χ2n) is 8.75. The zero-order valence-electron chi connectivity index (χ0n) is 18.7. The summed E-state index contributed by atoms with van der Waals surface area (Å²) in [6.07, 6.45) is 10.7. The minimum Gasteiger partial charge on any atom is -0.353 e. The first kappa shape index (κ1) is 20.9. The number of halogens is 1. The summed E-state index contributed by atoms with van der Waals surface area (Å²) in [6.45, 7) is 3.62. The van der Waals surface area contributed by atoms with Crippen molar-refractivity contribution in [3.63, 3.8) is 0 Å². The Labute approximate surface area is 196 Å². The second-order valence-corrected chi connectivity index (χ2v) is 8.75. The SMILES string of the molecule is Fc1cccnc1Nc1cc(-c2nc(N3CCNCC3)c3c(C4CCC4)cncc3n2)ccn1. The molecule has 2 aliphatic rings. The van der Waals surface area contributed by atoms with E-state index < -0.39 is 5.82 Å². The van der Waals surface area contributed by atoms with E-state index in [-0.39, 0.29) is 5.82 Å². The van der Waals surface area contributed by atoms with Crippen LogP contribution in [0.1, 0.15) is 30.7 Å². The molecule has 4 aromatic heterocycles. The van der Waals surface area contributed by atoms with Gasteiger partial charge in [-0.25, -0.2) is 24.3 Å². The summed E-state index contributed by atoms with van der Waals surface area (Å²) in [5, 5.41) is 7.49. The number of anilines is 3. The molecule has 4 aromatic rings. The molecule has 1 saturated heterocycles. The van der Waals surface area contributed by atoms with Gasteiger partial charge in [-0.1, -0.05) is 6.42 Å². The first-order chi connectivity index (χ1) is 16.8. The van der Waals surface area contributed by atoms with Gasteiger partial charge in [0.15, 0.2) is 17.5 Å². The van der Waals surface area contributed by atoms with Crippen LogP contribution in [0.25, 0.3) is 22.3 Å². The zero-order chi connectivity index (χ0) is 22.9. The molecule has 5 heterocycles. The Bertz CT molecular complexity index is 1330. The molecule has 0 amide bonds. The molecule has 172 valence electrons. The van der Waals surface area contributed by atoms with E-state index in [1.807, 2.05) is 24.5 Å². The fraction of sp³-hybridized carbons (Fsp3) is 0.320. The summed E-state index contributed by atoms with van der Waals surface area (Å²) >= 11 is 0.